The monoisotopic (exact) mass is 413 g/mol. The Labute approximate surface area is 114 Å². The average molecular weight is 413 g/mol. The zero-order valence-corrected chi connectivity index (χ0v) is 13.1. The molecule has 0 bridgehead atoms. The standard InChI is InChI=1S/C13H19N2.Po.H/c14-10-12-6-8-15(9-7-12)11-13-4-2-1-3-5-13;;/h1-5,12,14H,6-11H2;;/q-1;+1;. The molecule has 3 heteroatoms. The molecule has 16 heavy (non-hydrogen) atoms. The number of nitrogens with zero attached hydrogens (tertiary/aromatic N) is 1. The van der Waals surface area contributed by atoms with E-state index in [9.17, 15) is 0 Å². The van der Waals surface area contributed by atoms with Gasteiger partial charge in [-0.1, -0.05) is 0 Å². The predicted octanol–water partition coefficient (Wildman–Crippen LogP) is 1.30. The van der Waals surface area contributed by atoms with Crippen LogP contribution >= 0.6 is 0 Å². The zero-order chi connectivity index (χ0) is 11.2. The van der Waals surface area contributed by atoms with Gasteiger partial charge in [0.1, 0.15) is 0 Å². The summed E-state index contributed by atoms with van der Waals surface area (Å²) in [6.07, 6.45) is 2.72. The Kier molecular flexibility index (Phi) is 5.23. The van der Waals surface area contributed by atoms with E-state index in [0.29, 0.717) is 0 Å². The van der Waals surface area contributed by atoms with Crippen molar-refractivity contribution < 1.29 is 0 Å². The molecule has 1 heterocycles. The van der Waals surface area contributed by atoms with Gasteiger partial charge in [0.25, 0.3) is 0 Å². The van der Waals surface area contributed by atoms with Crippen molar-refractivity contribution in [2.24, 2.45) is 5.92 Å². The topological polar surface area (TPSA) is 15.3 Å². The quantitative estimate of drug-likeness (QED) is 0.801. The molecule has 1 aliphatic heterocycles. The third kappa shape index (κ3) is 3.81. The van der Waals surface area contributed by atoms with E-state index in [-0.39, 0.29) is 0 Å². The van der Waals surface area contributed by atoms with Crippen molar-refractivity contribution in [3.63, 3.8) is 0 Å². The number of rotatable bonds is 4. The van der Waals surface area contributed by atoms with E-state index in [1.165, 1.54) is 63.4 Å². The maximum absolute atomic E-state index is 3.39. The fourth-order valence-electron chi connectivity index (χ4n) is 2.32. The molecule has 1 aliphatic rings. The molecular formula is C13H20N2Po. The molecule has 2 nitrogen and oxygen atoms in total. The molecule has 0 atom stereocenters. The van der Waals surface area contributed by atoms with Crippen molar-refractivity contribution in [2.75, 3.05) is 19.6 Å². The van der Waals surface area contributed by atoms with Gasteiger partial charge >= 0.3 is 114 Å². The molecule has 0 aromatic heterocycles. The van der Waals surface area contributed by atoms with Gasteiger partial charge in [-0.05, 0) is 0 Å². The van der Waals surface area contributed by atoms with Crippen LogP contribution in [0.2, 0.25) is 0 Å². The fourth-order valence-corrected chi connectivity index (χ4v) is 3.32. The number of hydrogen-bond acceptors (Lipinski definition) is 2. The third-order valence-electron chi connectivity index (χ3n) is 3.34. The summed E-state index contributed by atoms with van der Waals surface area (Å²) in [7, 11) is 0. The van der Waals surface area contributed by atoms with Gasteiger partial charge in [-0.25, -0.2) is 0 Å². The van der Waals surface area contributed by atoms with E-state index >= 15 is 0 Å². The van der Waals surface area contributed by atoms with Crippen molar-refractivity contribution in [1.82, 2.24) is 8.12 Å². The number of likely N-dealkylation sites (tertiary alicyclic amines) is 1. The maximum atomic E-state index is 3.39. The summed E-state index contributed by atoms with van der Waals surface area (Å²) in [5.74, 6) is 0.914. The van der Waals surface area contributed by atoms with Gasteiger partial charge in [-0.15, -0.1) is 0 Å². The Morgan fingerprint density at radius 3 is 2.50 bits per heavy atom. The van der Waals surface area contributed by atoms with Crippen LogP contribution in [0.3, 0.4) is 0 Å². The van der Waals surface area contributed by atoms with Crippen molar-refractivity contribution in [3.05, 3.63) is 35.9 Å². The predicted molar refractivity (Wildman–Crippen MR) is 69.6 cm³/mol. The van der Waals surface area contributed by atoms with Crippen LogP contribution in [0.1, 0.15) is 18.4 Å². The van der Waals surface area contributed by atoms with Gasteiger partial charge in [-0.3, -0.25) is 0 Å². The van der Waals surface area contributed by atoms with Gasteiger partial charge in [0, 0.05) is 0 Å². The van der Waals surface area contributed by atoms with E-state index in [1.54, 1.807) is 0 Å². The first-order valence-electron chi connectivity index (χ1n) is 6.01. The molecule has 0 amide bonds. The van der Waals surface area contributed by atoms with Crippen LogP contribution < -0.4 is 3.22 Å². The second kappa shape index (κ2) is 6.69. The first-order valence-corrected chi connectivity index (χ1v) is 7.75. The number of piperidine rings is 1. The zero-order valence-electron chi connectivity index (χ0n) is 9.60. The Morgan fingerprint density at radius 2 is 1.88 bits per heavy atom. The van der Waals surface area contributed by atoms with Gasteiger partial charge in [-0.2, -0.15) is 0 Å². The Bertz CT molecular complexity index is 294. The molecule has 88 valence electrons. The summed E-state index contributed by atoms with van der Waals surface area (Å²) in [5.41, 5.74) is 1.44. The van der Waals surface area contributed by atoms with Crippen LogP contribution in [0.15, 0.2) is 30.3 Å². The number of nitrogens with one attached hydrogen (secondary N) is 1. The first kappa shape index (κ1) is 12.5. The molecule has 1 aromatic carbocycles. The molecule has 1 aromatic rings. The number of benzene rings is 1. The fraction of sp³-hybridized carbons (Fsp3) is 0.538. The van der Waals surface area contributed by atoms with E-state index < -0.39 is 0 Å². The second-order valence-electron chi connectivity index (χ2n) is 4.57. The minimum absolute atomic E-state index is 0.914. The van der Waals surface area contributed by atoms with E-state index in [1.807, 2.05) is 0 Å². The van der Waals surface area contributed by atoms with Crippen LogP contribution in [0.4, 0.5) is 0 Å². The van der Waals surface area contributed by atoms with Crippen LogP contribution in [-0.4, -0.2) is 49.9 Å². The number of hydrogen-bond donors (Lipinski definition) is 1. The van der Waals surface area contributed by atoms with Crippen LogP contribution in [0, 0.1) is 5.92 Å². The van der Waals surface area contributed by atoms with Gasteiger partial charge < -0.3 is 0 Å². The molecular weight excluding hydrogens is 393 g/mol. The molecule has 0 aliphatic carbocycles. The van der Waals surface area contributed by atoms with Crippen molar-refractivity contribution in [2.45, 2.75) is 19.4 Å². The van der Waals surface area contributed by atoms with Crippen LogP contribution in [0.5, 0.6) is 0 Å². The van der Waals surface area contributed by atoms with Crippen LogP contribution in [-0.2, 0) is 6.54 Å². The van der Waals surface area contributed by atoms with E-state index in [0.717, 1.165) is 12.5 Å². The molecule has 1 fully saturated rings. The third-order valence-corrected chi connectivity index (χ3v) is 4.05. The van der Waals surface area contributed by atoms with Gasteiger partial charge in [0.15, 0.2) is 0 Å². The molecule has 1 N–H and O–H groups in total. The van der Waals surface area contributed by atoms with Crippen molar-refractivity contribution in [3.8, 4) is 0 Å². The van der Waals surface area contributed by atoms with E-state index in [2.05, 4.69) is 38.4 Å². The molecule has 0 unspecified atom stereocenters. The molecule has 0 saturated carbocycles. The van der Waals surface area contributed by atoms with E-state index in [4.69, 9.17) is 0 Å². The SMILES string of the molecule is [PoH][NH]CC1CCN(Cc2ccccc2)CC1. The first-order chi connectivity index (χ1) is 7.88. The Balaban J connectivity index is 1.77. The summed E-state index contributed by atoms with van der Waals surface area (Å²) in [6.45, 7) is 4.88. The molecule has 2 rings (SSSR count). The van der Waals surface area contributed by atoms with Gasteiger partial charge in [0.05, 0.1) is 0 Å². The second-order valence-corrected chi connectivity index (χ2v) is 5.80. The minimum atomic E-state index is 0.914. The summed E-state index contributed by atoms with van der Waals surface area (Å²) >= 11 is 1.32. The summed E-state index contributed by atoms with van der Waals surface area (Å²) in [6, 6.07) is 10.8. The van der Waals surface area contributed by atoms with Crippen LogP contribution in [0.25, 0.3) is 0 Å². The van der Waals surface area contributed by atoms with Crippen molar-refractivity contribution >= 4 is 25.4 Å². The average Bonchev–Trinajstić information content (AvgIpc) is 2.33. The molecule has 1 saturated heterocycles. The summed E-state index contributed by atoms with van der Waals surface area (Å²) in [4.78, 5) is 2.58. The Morgan fingerprint density at radius 1 is 1.19 bits per heavy atom. The summed E-state index contributed by atoms with van der Waals surface area (Å²) < 4.78 is 3.39. The summed E-state index contributed by atoms with van der Waals surface area (Å²) in [5, 5.41) is 0. The Hall–Kier alpha value is 0.0361. The van der Waals surface area contributed by atoms with Gasteiger partial charge in [0.2, 0.25) is 0 Å². The molecule has 0 radical (unpaired) electrons. The normalized spacial score (nSPS) is 18.8. The van der Waals surface area contributed by atoms with Crippen molar-refractivity contribution in [1.29, 1.82) is 0 Å². The molecule has 0 spiro atoms.